The number of halogens is 3. The van der Waals surface area contributed by atoms with Crippen molar-refractivity contribution >= 4 is 16.6 Å². The van der Waals surface area contributed by atoms with Crippen LogP contribution in [-0.4, -0.2) is 22.9 Å². The molecule has 1 aromatic carbocycles. The van der Waals surface area contributed by atoms with Crippen molar-refractivity contribution in [2.24, 2.45) is 0 Å². The van der Waals surface area contributed by atoms with Crippen molar-refractivity contribution in [2.45, 2.75) is 25.4 Å². The fourth-order valence-electron chi connectivity index (χ4n) is 1.82. The molecule has 0 saturated heterocycles. The zero-order valence-corrected chi connectivity index (χ0v) is 10.2. The number of alkyl halides is 3. The Hall–Kier alpha value is -1.85. The van der Waals surface area contributed by atoms with Gasteiger partial charge >= 0.3 is 6.18 Å². The molecule has 0 atom stereocenters. The second-order valence-electron chi connectivity index (χ2n) is 4.27. The van der Waals surface area contributed by atoms with E-state index >= 15 is 0 Å². The Labute approximate surface area is 108 Å². The van der Waals surface area contributed by atoms with Crippen molar-refractivity contribution in [2.75, 3.05) is 11.9 Å². The summed E-state index contributed by atoms with van der Waals surface area (Å²) in [4.78, 5) is 0. The lowest BCUT2D eigenvalue weighted by Gasteiger charge is -2.09. The molecule has 0 aliphatic heterocycles. The summed E-state index contributed by atoms with van der Waals surface area (Å²) >= 11 is 0. The molecule has 0 aliphatic rings. The van der Waals surface area contributed by atoms with Crippen LogP contribution in [0.5, 0.6) is 0 Å². The SMILES string of the molecule is FC(F)(F)CCCCNc1cnnc2ccccc12. The quantitative estimate of drug-likeness (QED) is 0.839. The Morgan fingerprint density at radius 3 is 2.68 bits per heavy atom. The molecule has 0 unspecified atom stereocenters. The fourth-order valence-corrected chi connectivity index (χ4v) is 1.82. The molecule has 0 fully saturated rings. The molecule has 6 heteroatoms. The number of anilines is 1. The lowest BCUT2D eigenvalue weighted by molar-refractivity contribution is -0.135. The van der Waals surface area contributed by atoms with Gasteiger partial charge in [-0.25, -0.2) is 0 Å². The number of benzene rings is 1. The predicted molar refractivity (Wildman–Crippen MR) is 67.9 cm³/mol. The minimum absolute atomic E-state index is 0.132. The summed E-state index contributed by atoms with van der Waals surface area (Å²) < 4.78 is 35.9. The Morgan fingerprint density at radius 2 is 1.89 bits per heavy atom. The van der Waals surface area contributed by atoms with Gasteiger partial charge in [0.1, 0.15) is 0 Å². The molecule has 0 amide bonds. The van der Waals surface area contributed by atoms with E-state index in [1.165, 1.54) is 0 Å². The highest BCUT2D eigenvalue weighted by Gasteiger charge is 2.25. The Kier molecular flexibility index (Phi) is 4.19. The first-order chi connectivity index (χ1) is 9.06. The lowest BCUT2D eigenvalue weighted by atomic mass is 10.2. The van der Waals surface area contributed by atoms with E-state index in [2.05, 4.69) is 15.5 Å². The molecular weight excluding hydrogens is 255 g/mol. The molecule has 1 N–H and O–H groups in total. The molecule has 102 valence electrons. The number of hydrogen-bond donors (Lipinski definition) is 1. The van der Waals surface area contributed by atoms with Crippen molar-refractivity contribution in [1.29, 1.82) is 0 Å². The van der Waals surface area contributed by atoms with Crippen LogP contribution in [0.1, 0.15) is 19.3 Å². The van der Waals surface area contributed by atoms with Gasteiger partial charge in [0.2, 0.25) is 0 Å². The maximum absolute atomic E-state index is 12.0. The average molecular weight is 269 g/mol. The van der Waals surface area contributed by atoms with Crippen LogP contribution in [0.4, 0.5) is 18.9 Å². The van der Waals surface area contributed by atoms with E-state index < -0.39 is 12.6 Å². The molecule has 3 nitrogen and oxygen atoms in total. The second-order valence-corrected chi connectivity index (χ2v) is 4.27. The molecule has 0 spiro atoms. The predicted octanol–water partition coefficient (Wildman–Crippen LogP) is 3.77. The largest absolute Gasteiger partial charge is 0.389 e. The zero-order valence-electron chi connectivity index (χ0n) is 10.2. The van der Waals surface area contributed by atoms with Gasteiger partial charge in [-0.1, -0.05) is 18.2 Å². The molecule has 19 heavy (non-hydrogen) atoms. The van der Waals surface area contributed by atoms with Gasteiger partial charge in [0.15, 0.2) is 0 Å². The molecule has 0 saturated carbocycles. The summed E-state index contributed by atoms with van der Waals surface area (Å²) in [5.74, 6) is 0. The maximum atomic E-state index is 12.0. The molecule has 2 aromatic rings. The van der Waals surface area contributed by atoms with Crippen LogP contribution in [-0.2, 0) is 0 Å². The number of aromatic nitrogens is 2. The first-order valence-electron chi connectivity index (χ1n) is 6.07. The van der Waals surface area contributed by atoms with Gasteiger partial charge in [-0.2, -0.15) is 23.4 Å². The van der Waals surface area contributed by atoms with E-state index in [1.807, 2.05) is 24.3 Å². The lowest BCUT2D eigenvalue weighted by Crippen LogP contribution is -2.09. The smallest absolute Gasteiger partial charge is 0.383 e. The van der Waals surface area contributed by atoms with Crippen LogP contribution in [0.2, 0.25) is 0 Å². The minimum atomic E-state index is -4.06. The van der Waals surface area contributed by atoms with E-state index in [-0.39, 0.29) is 6.42 Å². The summed E-state index contributed by atoms with van der Waals surface area (Å²) in [7, 11) is 0. The minimum Gasteiger partial charge on any atom is -0.383 e. The maximum Gasteiger partial charge on any atom is 0.389 e. The third-order valence-electron chi connectivity index (χ3n) is 2.75. The number of nitrogens with one attached hydrogen (secondary N) is 1. The van der Waals surface area contributed by atoms with E-state index in [1.54, 1.807) is 6.20 Å². The monoisotopic (exact) mass is 269 g/mol. The van der Waals surface area contributed by atoms with Crippen molar-refractivity contribution in [3.63, 3.8) is 0 Å². The Bertz CT molecular complexity index is 535. The molecular formula is C13H14F3N3. The summed E-state index contributed by atoms with van der Waals surface area (Å²) in [5.41, 5.74) is 1.57. The van der Waals surface area contributed by atoms with Crippen LogP contribution in [0, 0.1) is 0 Å². The van der Waals surface area contributed by atoms with E-state index in [0.29, 0.717) is 13.0 Å². The van der Waals surface area contributed by atoms with Crippen LogP contribution < -0.4 is 5.32 Å². The number of nitrogens with zero attached hydrogens (tertiary/aromatic N) is 2. The molecule has 0 radical (unpaired) electrons. The van der Waals surface area contributed by atoms with Gasteiger partial charge < -0.3 is 5.32 Å². The van der Waals surface area contributed by atoms with Crippen molar-refractivity contribution in [3.8, 4) is 0 Å². The first kappa shape index (κ1) is 13.6. The van der Waals surface area contributed by atoms with Crippen LogP contribution in [0.15, 0.2) is 30.5 Å². The van der Waals surface area contributed by atoms with Gasteiger partial charge in [-0.3, -0.25) is 0 Å². The standard InChI is InChI=1S/C13H14F3N3/c14-13(15,16)7-3-4-8-17-12-9-18-19-11-6-2-1-5-10(11)12/h1-2,5-6,9H,3-4,7-8H2,(H,17,19). The average Bonchev–Trinajstić information content (AvgIpc) is 2.37. The van der Waals surface area contributed by atoms with Crippen molar-refractivity contribution in [3.05, 3.63) is 30.5 Å². The van der Waals surface area contributed by atoms with E-state index in [0.717, 1.165) is 16.6 Å². The van der Waals surface area contributed by atoms with Gasteiger partial charge in [-0.15, -0.1) is 0 Å². The number of hydrogen-bond acceptors (Lipinski definition) is 3. The Balaban J connectivity index is 1.88. The fraction of sp³-hybridized carbons (Fsp3) is 0.385. The van der Waals surface area contributed by atoms with Crippen LogP contribution in [0.3, 0.4) is 0 Å². The summed E-state index contributed by atoms with van der Waals surface area (Å²) in [6.45, 7) is 0.492. The third-order valence-corrected chi connectivity index (χ3v) is 2.75. The Morgan fingerprint density at radius 1 is 1.11 bits per heavy atom. The first-order valence-corrected chi connectivity index (χ1v) is 6.07. The second kappa shape index (κ2) is 5.86. The summed E-state index contributed by atoms with van der Waals surface area (Å²) in [6.07, 6.45) is -2.61. The number of fused-ring (bicyclic) bond motifs is 1. The molecule has 2 rings (SSSR count). The van der Waals surface area contributed by atoms with Crippen LogP contribution >= 0.6 is 0 Å². The van der Waals surface area contributed by atoms with Gasteiger partial charge in [0, 0.05) is 18.4 Å². The normalized spacial score (nSPS) is 11.7. The van der Waals surface area contributed by atoms with Gasteiger partial charge in [0.25, 0.3) is 0 Å². The van der Waals surface area contributed by atoms with Gasteiger partial charge in [0.05, 0.1) is 17.4 Å². The van der Waals surface area contributed by atoms with Crippen molar-refractivity contribution < 1.29 is 13.2 Å². The highest BCUT2D eigenvalue weighted by molar-refractivity contribution is 5.90. The van der Waals surface area contributed by atoms with E-state index in [9.17, 15) is 13.2 Å². The van der Waals surface area contributed by atoms with Crippen LogP contribution in [0.25, 0.3) is 10.9 Å². The van der Waals surface area contributed by atoms with Gasteiger partial charge in [-0.05, 0) is 18.9 Å². The highest BCUT2D eigenvalue weighted by atomic mass is 19.4. The zero-order chi connectivity index (χ0) is 13.7. The summed E-state index contributed by atoms with van der Waals surface area (Å²) in [6, 6.07) is 7.50. The topological polar surface area (TPSA) is 37.8 Å². The third kappa shape index (κ3) is 4.08. The molecule has 1 aromatic heterocycles. The van der Waals surface area contributed by atoms with Crippen molar-refractivity contribution in [1.82, 2.24) is 10.2 Å². The molecule has 0 aliphatic carbocycles. The number of unbranched alkanes of at least 4 members (excludes halogenated alkanes) is 1. The van der Waals surface area contributed by atoms with E-state index in [4.69, 9.17) is 0 Å². The summed E-state index contributed by atoms with van der Waals surface area (Å²) in [5, 5.41) is 11.9. The molecule has 0 bridgehead atoms. The number of rotatable bonds is 5. The highest BCUT2D eigenvalue weighted by Crippen LogP contribution is 2.23. The molecule has 1 heterocycles.